The Labute approximate surface area is 207 Å². The Morgan fingerprint density at radius 1 is 0.943 bits per heavy atom. The molecule has 0 aromatic heterocycles. The normalized spacial score (nSPS) is 11.2. The van der Waals surface area contributed by atoms with Crippen LogP contribution in [0.15, 0.2) is 83.8 Å². The zero-order valence-electron chi connectivity index (χ0n) is 20.3. The maximum Gasteiger partial charge on any atom is 0.264 e. The molecule has 8 heteroatoms. The van der Waals surface area contributed by atoms with E-state index in [-0.39, 0.29) is 23.5 Å². The number of nitrogens with zero attached hydrogens (tertiary/aromatic N) is 1. The number of aryl methyl sites for hydroxylation is 1. The van der Waals surface area contributed by atoms with Crippen molar-refractivity contribution in [1.29, 1.82) is 0 Å². The van der Waals surface area contributed by atoms with Crippen LogP contribution in [0, 0.1) is 0 Å². The number of ether oxygens (including phenoxy) is 2. The van der Waals surface area contributed by atoms with Crippen molar-refractivity contribution < 1.29 is 22.7 Å². The number of carbonyl (C=O) groups is 1. The lowest BCUT2D eigenvalue weighted by atomic mass is 10.1. The molecular formula is C27H32N2O5S. The summed E-state index contributed by atoms with van der Waals surface area (Å²) in [4.78, 5) is 12.9. The minimum atomic E-state index is -3.96. The molecule has 186 valence electrons. The van der Waals surface area contributed by atoms with Gasteiger partial charge in [0.25, 0.3) is 10.0 Å². The van der Waals surface area contributed by atoms with Gasteiger partial charge in [0.05, 0.1) is 23.8 Å². The average Bonchev–Trinajstić information content (AvgIpc) is 2.85. The summed E-state index contributed by atoms with van der Waals surface area (Å²) < 4.78 is 38.9. The van der Waals surface area contributed by atoms with Crippen LogP contribution < -0.4 is 19.1 Å². The fourth-order valence-electron chi connectivity index (χ4n) is 3.55. The summed E-state index contributed by atoms with van der Waals surface area (Å²) in [6, 6.07) is 22.6. The highest BCUT2D eigenvalue weighted by Gasteiger charge is 2.27. The van der Waals surface area contributed by atoms with E-state index in [2.05, 4.69) is 5.32 Å². The van der Waals surface area contributed by atoms with Gasteiger partial charge in [0.2, 0.25) is 5.91 Å². The molecule has 0 aliphatic heterocycles. The van der Waals surface area contributed by atoms with Crippen molar-refractivity contribution in [2.24, 2.45) is 0 Å². The van der Waals surface area contributed by atoms with Gasteiger partial charge in [-0.05, 0) is 68.7 Å². The molecule has 3 aromatic rings. The van der Waals surface area contributed by atoms with Gasteiger partial charge < -0.3 is 14.8 Å². The highest BCUT2D eigenvalue weighted by Crippen LogP contribution is 2.26. The van der Waals surface area contributed by atoms with Gasteiger partial charge in [-0.3, -0.25) is 9.10 Å². The quantitative estimate of drug-likeness (QED) is 0.375. The molecule has 35 heavy (non-hydrogen) atoms. The van der Waals surface area contributed by atoms with E-state index < -0.39 is 10.0 Å². The molecule has 3 aromatic carbocycles. The third kappa shape index (κ3) is 7.48. The van der Waals surface area contributed by atoms with Crippen molar-refractivity contribution in [3.63, 3.8) is 0 Å². The van der Waals surface area contributed by atoms with Crippen molar-refractivity contribution in [2.45, 2.75) is 37.7 Å². The van der Waals surface area contributed by atoms with Crippen LogP contribution in [0.4, 0.5) is 5.69 Å². The predicted octanol–water partition coefficient (Wildman–Crippen LogP) is 4.43. The average molecular weight is 497 g/mol. The molecule has 0 aliphatic carbocycles. The van der Waals surface area contributed by atoms with Crippen LogP contribution in [0.1, 0.15) is 25.8 Å². The van der Waals surface area contributed by atoms with Gasteiger partial charge in [0, 0.05) is 12.6 Å². The number of carbonyl (C=O) groups excluding carboxylic acids is 1. The zero-order valence-corrected chi connectivity index (χ0v) is 21.1. The maximum atomic E-state index is 13.4. The highest BCUT2D eigenvalue weighted by atomic mass is 32.2. The van der Waals surface area contributed by atoms with E-state index in [1.165, 1.54) is 19.2 Å². The van der Waals surface area contributed by atoms with E-state index in [4.69, 9.17) is 9.47 Å². The molecule has 0 bridgehead atoms. The Kier molecular flexibility index (Phi) is 9.14. The first-order valence-corrected chi connectivity index (χ1v) is 13.0. The van der Waals surface area contributed by atoms with E-state index in [9.17, 15) is 13.2 Å². The van der Waals surface area contributed by atoms with Gasteiger partial charge in [-0.2, -0.15) is 0 Å². The Morgan fingerprint density at radius 2 is 1.66 bits per heavy atom. The molecule has 0 atom stereocenters. The van der Waals surface area contributed by atoms with Gasteiger partial charge in [0.15, 0.2) is 0 Å². The largest absolute Gasteiger partial charge is 0.497 e. The van der Waals surface area contributed by atoms with Crippen molar-refractivity contribution >= 4 is 21.6 Å². The Balaban J connectivity index is 1.66. The molecule has 0 heterocycles. The van der Waals surface area contributed by atoms with Gasteiger partial charge >= 0.3 is 0 Å². The van der Waals surface area contributed by atoms with E-state index in [0.717, 1.165) is 22.0 Å². The first-order chi connectivity index (χ1) is 16.8. The molecule has 0 saturated carbocycles. The summed E-state index contributed by atoms with van der Waals surface area (Å²) in [6.07, 6.45) is 1.57. The minimum absolute atomic E-state index is 0.101. The number of anilines is 1. The van der Waals surface area contributed by atoms with Crippen LogP contribution >= 0.6 is 0 Å². The SMILES string of the molecule is COc1cccc(N(CC(=O)NCCCc2cccc(OC(C)C)c2)S(=O)(=O)c2ccccc2)c1. The summed E-state index contributed by atoms with van der Waals surface area (Å²) in [5.74, 6) is 0.936. The number of amides is 1. The molecule has 0 saturated heterocycles. The summed E-state index contributed by atoms with van der Waals surface area (Å²) in [7, 11) is -2.45. The van der Waals surface area contributed by atoms with Crippen molar-refractivity contribution in [2.75, 3.05) is 24.5 Å². The second-order valence-electron chi connectivity index (χ2n) is 8.29. The number of nitrogens with one attached hydrogen (secondary N) is 1. The lowest BCUT2D eigenvalue weighted by Gasteiger charge is -2.24. The van der Waals surface area contributed by atoms with Crippen molar-refractivity contribution in [1.82, 2.24) is 5.32 Å². The first kappa shape index (κ1) is 26.1. The monoisotopic (exact) mass is 496 g/mol. The summed E-state index contributed by atoms with van der Waals surface area (Å²) in [6.45, 7) is 4.04. The topological polar surface area (TPSA) is 84.9 Å². The number of hydrogen-bond donors (Lipinski definition) is 1. The Morgan fingerprint density at radius 3 is 2.37 bits per heavy atom. The number of benzene rings is 3. The van der Waals surface area contributed by atoms with Gasteiger partial charge in [-0.15, -0.1) is 0 Å². The number of methoxy groups -OCH3 is 1. The van der Waals surface area contributed by atoms with E-state index in [1.54, 1.807) is 42.5 Å². The first-order valence-electron chi connectivity index (χ1n) is 11.5. The molecule has 0 unspecified atom stereocenters. The van der Waals surface area contributed by atoms with Crippen LogP contribution in [-0.4, -0.2) is 40.6 Å². The molecule has 0 spiro atoms. The second-order valence-corrected chi connectivity index (χ2v) is 10.2. The number of rotatable bonds is 12. The maximum absolute atomic E-state index is 13.4. The van der Waals surface area contributed by atoms with E-state index >= 15 is 0 Å². The van der Waals surface area contributed by atoms with Crippen LogP contribution in [0.3, 0.4) is 0 Å². The third-order valence-electron chi connectivity index (χ3n) is 5.19. The fourth-order valence-corrected chi connectivity index (χ4v) is 4.99. The zero-order chi connectivity index (χ0) is 25.3. The van der Waals surface area contributed by atoms with Gasteiger partial charge in [0.1, 0.15) is 18.0 Å². The second kappa shape index (κ2) is 12.3. The van der Waals surface area contributed by atoms with Crippen LogP contribution in [0.5, 0.6) is 11.5 Å². The smallest absolute Gasteiger partial charge is 0.264 e. The molecule has 1 N–H and O–H groups in total. The summed E-state index contributed by atoms with van der Waals surface area (Å²) >= 11 is 0. The Hall–Kier alpha value is -3.52. The molecule has 3 rings (SSSR count). The number of hydrogen-bond acceptors (Lipinski definition) is 5. The van der Waals surface area contributed by atoms with E-state index in [1.807, 2.05) is 38.1 Å². The molecule has 0 aliphatic rings. The lowest BCUT2D eigenvalue weighted by molar-refractivity contribution is -0.119. The third-order valence-corrected chi connectivity index (χ3v) is 6.98. The Bertz CT molecular complexity index is 1210. The van der Waals surface area contributed by atoms with Crippen LogP contribution in [0.25, 0.3) is 0 Å². The molecule has 0 fully saturated rings. The number of sulfonamides is 1. The van der Waals surface area contributed by atoms with Crippen LogP contribution in [0.2, 0.25) is 0 Å². The predicted molar refractivity (Wildman–Crippen MR) is 138 cm³/mol. The minimum Gasteiger partial charge on any atom is -0.497 e. The van der Waals surface area contributed by atoms with E-state index in [0.29, 0.717) is 24.4 Å². The lowest BCUT2D eigenvalue weighted by Crippen LogP contribution is -2.41. The van der Waals surface area contributed by atoms with Gasteiger partial charge in [-0.1, -0.05) is 36.4 Å². The highest BCUT2D eigenvalue weighted by molar-refractivity contribution is 7.92. The summed E-state index contributed by atoms with van der Waals surface area (Å²) in [5, 5.41) is 2.84. The van der Waals surface area contributed by atoms with Crippen molar-refractivity contribution in [3.05, 3.63) is 84.4 Å². The van der Waals surface area contributed by atoms with Crippen LogP contribution in [-0.2, 0) is 21.2 Å². The molecule has 7 nitrogen and oxygen atoms in total. The van der Waals surface area contributed by atoms with Crippen molar-refractivity contribution in [3.8, 4) is 11.5 Å². The molecular weight excluding hydrogens is 464 g/mol. The van der Waals surface area contributed by atoms with Gasteiger partial charge in [-0.25, -0.2) is 8.42 Å². The fraction of sp³-hybridized carbons (Fsp3) is 0.296. The molecule has 1 amide bonds. The standard InChI is InChI=1S/C27H32N2O5S/c1-21(2)34-25-14-7-10-22(18-25)11-9-17-28-27(30)20-29(23-12-8-13-24(19-23)33-3)35(31,32)26-15-5-4-6-16-26/h4-8,10,12-16,18-19,21H,9,11,17,20H2,1-3H3,(H,28,30). The summed E-state index contributed by atoms with van der Waals surface area (Å²) in [5.41, 5.74) is 1.47. The molecule has 0 radical (unpaired) electrons.